The van der Waals surface area contributed by atoms with Crippen LogP contribution in [0.1, 0.15) is 11.1 Å². The van der Waals surface area contributed by atoms with Crippen molar-refractivity contribution >= 4 is 41.2 Å². The molecule has 10 heteroatoms. The maximum atomic E-state index is 12.1. The van der Waals surface area contributed by atoms with Gasteiger partial charge in [-0.05, 0) is 53.6 Å². The summed E-state index contributed by atoms with van der Waals surface area (Å²) >= 11 is 5.90. The standard InChI is InChI=1S/C25H23ClN4O5/c1-34-21-10-8-17(9-11-21)14-27-24(32)25(33)30-28-15-18-4-2-7-22(12-18)35-16-23(31)29-20-6-3-5-19(26)13-20/h2-13,15H,14,16H2,1H3,(H,27,32)(H,29,31)(H,30,33)/b28-15-. The highest BCUT2D eigenvalue weighted by Crippen LogP contribution is 2.16. The number of rotatable bonds is 9. The van der Waals surface area contributed by atoms with E-state index in [1.807, 2.05) is 0 Å². The Hall–Kier alpha value is -4.37. The van der Waals surface area contributed by atoms with Crippen LogP contribution in [0.25, 0.3) is 0 Å². The van der Waals surface area contributed by atoms with Crippen LogP contribution in [0.15, 0.2) is 77.9 Å². The SMILES string of the molecule is COc1ccc(CNC(=O)C(=O)N/N=C\c2cccc(OCC(=O)Nc3cccc(Cl)c3)c2)cc1. The summed E-state index contributed by atoms with van der Waals surface area (Å²) < 4.78 is 10.6. The molecular formula is C25H23ClN4O5. The average molecular weight is 495 g/mol. The molecule has 0 aromatic heterocycles. The van der Waals surface area contributed by atoms with Gasteiger partial charge in [-0.3, -0.25) is 14.4 Å². The molecular weight excluding hydrogens is 472 g/mol. The Morgan fingerprint density at radius 3 is 2.46 bits per heavy atom. The molecule has 3 aromatic rings. The van der Waals surface area contributed by atoms with Crippen LogP contribution in [0.5, 0.6) is 11.5 Å². The number of carbonyl (C=O) groups is 3. The monoisotopic (exact) mass is 494 g/mol. The Morgan fingerprint density at radius 1 is 0.943 bits per heavy atom. The zero-order valence-electron chi connectivity index (χ0n) is 18.8. The molecule has 3 amide bonds. The van der Waals surface area contributed by atoms with Crippen molar-refractivity contribution in [2.75, 3.05) is 19.0 Å². The van der Waals surface area contributed by atoms with Gasteiger partial charge in [0.15, 0.2) is 6.61 Å². The quantitative estimate of drug-likeness (QED) is 0.240. The molecule has 35 heavy (non-hydrogen) atoms. The van der Waals surface area contributed by atoms with Gasteiger partial charge in [-0.25, -0.2) is 5.43 Å². The molecule has 0 spiro atoms. The fraction of sp³-hybridized carbons (Fsp3) is 0.120. The molecule has 0 heterocycles. The van der Waals surface area contributed by atoms with Gasteiger partial charge in [0.1, 0.15) is 11.5 Å². The molecule has 0 bridgehead atoms. The minimum Gasteiger partial charge on any atom is -0.497 e. The van der Waals surface area contributed by atoms with Crippen LogP contribution in [-0.2, 0) is 20.9 Å². The molecule has 0 aliphatic carbocycles. The largest absolute Gasteiger partial charge is 0.497 e. The van der Waals surface area contributed by atoms with Crippen molar-refractivity contribution < 1.29 is 23.9 Å². The van der Waals surface area contributed by atoms with Gasteiger partial charge in [-0.2, -0.15) is 5.10 Å². The first-order valence-corrected chi connectivity index (χ1v) is 10.8. The number of carbonyl (C=O) groups excluding carboxylic acids is 3. The summed E-state index contributed by atoms with van der Waals surface area (Å²) in [5.41, 5.74) is 4.14. The average Bonchev–Trinajstić information content (AvgIpc) is 2.86. The maximum Gasteiger partial charge on any atom is 0.329 e. The zero-order chi connectivity index (χ0) is 25.0. The summed E-state index contributed by atoms with van der Waals surface area (Å²) in [5, 5.41) is 9.50. The summed E-state index contributed by atoms with van der Waals surface area (Å²) in [4.78, 5) is 36.0. The summed E-state index contributed by atoms with van der Waals surface area (Å²) in [5.74, 6) is -0.943. The number of hydrogen-bond acceptors (Lipinski definition) is 6. The molecule has 0 atom stereocenters. The molecule has 9 nitrogen and oxygen atoms in total. The van der Waals surface area contributed by atoms with E-state index in [-0.39, 0.29) is 19.1 Å². The van der Waals surface area contributed by atoms with Crippen LogP contribution in [0, 0.1) is 0 Å². The zero-order valence-corrected chi connectivity index (χ0v) is 19.5. The molecule has 3 aromatic carbocycles. The van der Waals surface area contributed by atoms with Gasteiger partial charge >= 0.3 is 11.8 Å². The summed E-state index contributed by atoms with van der Waals surface area (Å²) in [6, 6.07) is 20.6. The highest BCUT2D eigenvalue weighted by atomic mass is 35.5. The van der Waals surface area contributed by atoms with Crippen LogP contribution in [0.4, 0.5) is 5.69 Å². The highest BCUT2D eigenvalue weighted by Gasteiger charge is 2.12. The number of nitrogens with one attached hydrogen (secondary N) is 3. The lowest BCUT2D eigenvalue weighted by Gasteiger charge is -2.08. The minimum absolute atomic E-state index is 0.185. The second kappa shape index (κ2) is 12.8. The second-order valence-electron chi connectivity index (χ2n) is 7.15. The van der Waals surface area contributed by atoms with E-state index in [2.05, 4.69) is 21.2 Å². The molecule has 0 radical (unpaired) electrons. The number of amides is 3. The van der Waals surface area contributed by atoms with E-state index < -0.39 is 11.8 Å². The third-order valence-electron chi connectivity index (χ3n) is 4.53. The Kier molecular flexibility index (Phi) is 9.21. The number of benzene rings is 3. The Labute approximate surface area is 207 Å². The Morgan fingerprint density at radius 2 is 1.71 bits per heavy atom. The van der Waals surface area contributed by atoms with Crippen LogP contribution in [0.3, 0.4) is 0 Å². The van der Waals surface area contributed by atoms with Gasteiger partial charge in [-0.15, -0.1) is 0 Å². The fourth-order valence-electron chi connectivity index (χ4n) is 2.82. The molecule has 3 rings (SSSR count). The minimum atomic E-state index is -0.903. The third-order valence-corrected chi connectivity index (χ3v) is 4.77. The van der Waals surface area contributed by atoms with E-state index in [4.69, 9.17) is 21.1 Å². The normalized spacial score (nSPS) is 10.5. The predicted molar refractivity (Wildman–Crippen MR) is 133 cm³/mol. The maximum absolute atomic E-state index is 12.1. The van der Waals surface area contributed by atoms with E-state index in [0.29, 0.717) is 27.8 Å². The number of halogens is 1. The summed E-state index contributed by atoms with van der Waals surface area (Å²) in [6.07, 6.45) is 1.35. The Balaban J connectivity index is 1.43. The summed E-state index contributed by atoms with van der Waals surface area (Å²) in [6.45, 7) is -0.0254. The molecule has 0 saturated carbocycles. The van der Waals surface area contributed by atoms with Crippen molar-refractivity contribution in [3.63, 3.8) is 0 Å². The van der Waals surface area contributed by atoms with E-state index >= 15 is 0 Å². The number of nitrogens with zero attached hydrogens (tertiary/aromatic N) is 1. The number of hydrazone groups is 1. The van der Waals surface area contributed by atoms with Crippen molar-refractivity contribution in [3.05, 3.63) is 88.9 Å². The second-order valence-corrected chi connectivity index (χ2v) is 7.59. The van der Waals surface area contributed by atoms with E-state index in [1.165, 1.54) is 6.21 Å². The van der Waals surface area contributed by atoms with Crippen molar-refractivity contribution in [2.45, 2.75) is 6.54 Å². The Bertz CT molecular complexity index is 1210. The molecule has 0 aliphatic heterocycles. The van der Waals surface area contributed by atoms with E-state index in [1.54, 1.807) is 79.9 Å². The van der Waals surface area contributed by atoms with Gasteiger partial charge in [0, 0.05) is 17.3 Å². The van der Waals surface area contributed by atoms with Crippen LogP contribution < -0.4 is 25.5 Å². The summed E-state index contributed by atoms with van der Waals surface area (Å²) in [7, 11) is 1.56. The third kappa shape index (κ3) is 8.49. The first kappa shape index (κ1) is 25.3. The number of ether oxygens (including phenoxy) is 2. The van der Waals surface area contributed by atoms with Crippen molar-refractivity contribution in [2.24, 2.45) is 5.10 Å². The topological polar surface area (TPSA) is 118 Å². The van der Waals surface area contributed by atoms with Crippen LogP contribution in [-0.4, -0.2) is 37.7 Å². The van der Waals surface area contributed by atoms with Gasteiger partial charge in [-0.1, -0.05) is 41.9 Å². The van der Waals surface area contributed by atoms with Crippen LogP contribution >= 0.6 is 11.6 Å². The number of methoxy groups -OCH3 is 1. The lowest BCUT2D eigenvalue weighted by atomic mass is 10.2. The van der Waals surface area contributed by atoms with Crippen LogP contribution in [0.2, 0.25) is 5.02 Å². The molecule has 0 saturated heterocycles. The van der Waals surface area contributed by atoms with Crippen molar-refractivity contribution in [1.82, 2.24) is 10.7 Å². The van der Waals surface area contributed by atoms with Gasteiger partial charge in [0.05, 0.1) is 13.3 Å². The van der Waals surface area contributed by atoms with E-state index in [9.17, 15) is 14.4 Å². The first-order chi connectivity index (χ1) is 16.9. The van der Waals surface area contributed by atoms with Gasteiger partial charge < -0.3 is 20.1 Å². The first-order valence-electron chi connectivity index (χ1n) is 10.5. The van der Waals surface area contributed by atoms with Crippen molar-refractivity contribution in [3.8, 4) is 11.5 Å². The molecule has 0 fully saturated rings. The number of anilines is 1. The lowest BCUT2D eigenvalue weighted by Crippen LogP contribution is -2.37. The number of hydrogen-bond donors (Lipinski definition) is 3. The lowest BCUT2D eigenvalue weighted by molar-refractivity contribution is -0.139. The van der Waals surface area contributed by atoms with Crippen molar-refractivity contribution in [1.29, 1.82) is 0 Å². The predicted octanol–water partition coefficient (Wildman–Crippen LogP) is 3.13. The molecule has 3 N–H and O–H groups in total. The molecule has 0 aliphatic rings. The van der Waals surface area contributed by atoms with Gasteiger partial charge in [0.2, 0.25) is 0 Å². The smallest absolute Gasteiger partial charge is 0.329 e. The van der Waals surface area contributed by atoms with Gasteiger partial charge in [0.25, 0.3) is 5.91 Å². The molecule has 180 valence electrons. The molecule has 0 unspecified atom stereocenters. The highest BCUT2D eigenvalue weighted by molar-refractivity contribution is 6.35. The fourth-order valence-corrected chi connectivity index (χ4v) is 3.01. The van der Waals surface area contributed by atoms with E-state index in [0.717, 1.165) is 5.56 Å².